The van der Waals surface area contributed by atoms with E-state index in [1.165, 1.54) is 23.1 Å². The molecule has 0 aromatic carbocycles. The van der Waals surface area contributed by atoms with Gasteiger partial charge in [0.25, 0.3) is 0 Å². The van der Waals surface area contributed by atoms with Gasteiger partial charge in [0, 0.05) is 6.61 Å². The van der Waals surface area contributed by atoms with Gasteiger partial charge in [-0.1, -0.05) is 11.8 Å². The third-order valence-corrected chi connectivity index (χ3v) is 5.95. The Morgan fingerprint density at radius 3 is 3.14 bits per heavy atom. The fourth-order valence-corrected chi connectivity index (χ4v) is 4.49. The third-order valence-electron chi connectivity index (χ3n) is 3.31. The quantitative estimate of drug-likeness (QED) is 0.592. The number of aromatic nitrogens is 3. The van der Waals surface area contributed by atoms with Gasteiger partial charge in [-0.05, 0) is 40.9 Å². The highest BCUT2D eigenvalue weighted by Gasteiger charge is 2.20. The number of carbonyl (C=O) groups excluding carboxylic acids is 1. The van der Waals surface area contributed by atoms with Crippen molar-refractivity contribution in [2.45, 2.75) is 30.6 Å². The monoisotopic (exact) mass is 403 g/mol. The van der Waals surface area contributed by atoms with E-state index in [9.17, 15) is 9.59 Å². The zero-order valence-corrected chi connectivity index (χ0v) is 14.8. The molecule has 0 radical (unpaired) electrons. The second-order valence-electron chi connectivity index (χ2n) is 4.87. The maximum Gasteiger partial charge on any atom is 0.344 e. The van der Waals surface area contributed by atoms with Crippen LogP contribution in [0, 0.1) is 0 Å². The Kier molecular flexibility index (Phi) is 5.17. The predicted octanol–water partition coefficient (Wildman–Crippen LogP) is 2.55. The minimum atomic E-state index is -0.260. The minimum absolute atomic E-state index is 0.0276. The number of ketones is 1. The van der Waals surface area contributed by atoms with Crippen LogP contribution >= 0.6 is 39.0 Å². The number of hydrogen-bond acceptors (Lipinski definition) is 6. The summed E-state index contributed by atoms with van der Waals surface area (Å²) in [6, 6.07) is 3.64. The SMILES string of the molecule is O=C(CSc1n[nH]c(=O)n1C[C@@H]1CCCO1)c1ccc(Br)s1. The molecule has 0 saturated carbocycles. The molecule has 0 unspecified atom stereocenters. The van der Waals surface area contributed by atoms with Crippen LogP contribution in [-0.4, -0.2) is 39.0 Å². The standard InChI is InChI=1S/C13H14BrN3O3S2/c14-11-4-3-10(22-11)9(18)7-21-13-16-15-12(19)17(13)6-8-2-1-5-20-8/h3-4,8H,1-2,5-7H2,(H,15,19)/t8-/m0/s1. The summed E-state index contributed by atoms with van der Waals surface area (Å²) >= 11 is 6.02. The minimum Gasteiger partial charge on any atom is -0.376 e. The number of nitrogens with one attached hydrogen (secondary N) is 1. The van der Waals surface area contributed by atoms with Gasteiger partial charge in [0.1, 0.15) is 0 Å². The molecule has 1 atom stereocenters. The van der Waals surface area contributed by atoms with E-state index in [0.29, 0.717) is 16.6 Å². The van der Waals surface area contributed by atoms with Crippen molar-refractivity contribution < 1.29 is 9.53 Å². The van der Waals surface area contributed by atoms with Crippen LogP contribution in [0.3, 0.4) is 0 Å². The molecule has 0 spiro atoms. The number of thioether (sulfide) groups is 1. The van der Waals surface area contributed by atoms with Crippen LogP contribution in [-0.2, 0) is 11.3 Å². The number of H-pyrrole nitrogens is 1. The lowest BCUT2D eigenvalue weighted by Crippen LogP contribution is -2.25. The van der Waals surface area contributed by atoms with Crippen LogP contribution in [0.2, 0.25) is 0 Å². The average molecular weight is 404 g/mol. The van der Waals surface area contributed by atoms with Crippen LogP contribution in [0.25, 0.3) is 0 Å². The summed E-state index contributed by atoms with van der Waals surface area (Å²) in [6.45, 7) is 1.22. The van der Waals surface area contributed by atoms with E-state index in [-0.39, 0.29) is 23.3 Å². The smallest absolute Gasteiger partial charge is 0.344 e. The first kappa shape index (κ1) is 16.0. The molecule has 0 aliphatic carbocycles. The van der Waals surface area contributed by atoms with Gasteiger partial charge in [-0.2, -0.15) is 0 Å². The lowest BCUT2D eigenvalue weighted by Gasteiger charge is -2.10. The Balaban J connectivity index is 1.65. The first-order valence-corrected chi connectivity index (χ1v) is 9.41. The van der Waals surface area contributed by atoms with Crippen LogP contribution in [0.1, 0.15) is 22.5 Å². The van der Waals surface area contributed by atoms with Crippen molar-refractivity contribution in [2.24, 2.45) is 0 Å². The molecule has 3 heterocycles. The highest BCUT2D eigenvalue weighted by Crippen LogP contribution is 2.25. The molecule has 9 heteroatoms. The van der Waals surface area contributed by atoms with Crippen LogP contribution in [0.4, 0.5) is 0 Å². The number of aromatic amines is 1. The molecule has 1 saturated heterocycles. The summed E-state index contributed by atoms with van der Waals surface area (Å²) < 4.78 is 8.03. The number of nitrogens with zero attached hydrogens (tertiary/aromatic N) is 2. The number of hydrogen-bond donors (Lipinski definition) is 1. The van der Waals surface area contributed by atoms with Crippen molar-refractivity contribution in [3.63, 3.8) is 0 Å². The predicted molar refractivity (Wildman–Crippen MR) is 88.9 cm³/mol. The molecule has 6 nitrogen and oxygen atoms in total. The van der Waals surface area contributed by atoms with E-state index in [1.54, 1.807) is 10.6 Å². The summed E-state index contributed by atoms with van der Waals surface area (Å²) in [6.07, 6.45) is 2.02. The number of rotatable bonds is 6. The summed E-state index contributed by atoms with van der Waals surface area (Å²) in [5.41, 5.74) is -0.260. The molecule has 1 aliphatic rings. The zero-order chi connectivity index (χ0) is 15.5. The molecule has 0 amide bonds. The highest BCUT2D eigenvalue weighted by molar-refractivity contribution is 9.11. The largest absolute Gasteiger partial charge is 0.376 e. The van der Waals surface area contributed by atoms with Gasteiger partial charge in [-0.15, -0.1) is 16.4 Å². The van der Waals surface area contributed by atoms with Crippen LogP contribution in [0.5, 0.6) is 0 Å². The van der Waals surface area contributed by atoms with Crippen LogP contribution < -0.4 is 5.69 Å². The summed E-state index contributed by atoms with van der Waals surface area (Å²) in [5.74, 6) is 0.280. The molecular formula is C13H14BrN3O3S2. The summed E-state index contributed by atoms with van der Waals surface area (Å²) in [5, 5.41) is 6.98. The van der Waals surface area contributed by atoms with Crippen molar-refractivity contribution in [1.29, 1.82) is 0 Å². The van der Waals surface area contributed by atoms with Gasteiger partial charge in [0.05, 0.1) is 27.1 Å². The number of halogens is 1. The third kappa shape index (κ3) is 3.70. The molecule has 1 fully saturated rings. The fourth-order valence-electron chi connectivity index (χ4n) is 2.23. The second kappa shape index (κ2) is 7.12. The Bertz CT molecular complexity index is 718. The lowest BCUT2D eigenvalue weighted by molar-refractivity contribution is 0.0941. The topological polar surface area (TPSA) is 77.0 Å². The van der Waals surface area contributed by atoms with E-state index < -0.39 is 0 Å². The summed E-state index contributed by atoms with van der Waals surface area (Å²) in [4.78, 5) is 24.6. The van der Waals surface area contributed by atoms with Gasteiger partial charge < -0.3 is 4.74 Å². The van der Waals surface area contributed by atoms with Crippen molar-refractivity contribution >= 4 is 44.8 Å². The molecule has 0 bridgehead atoms. The average Bonchev–Trinajstić information content (AvgIpc) is 3.22. The van der Waals surface area contributed by atoms with Gasteiger partial charge in [0.15, 0.2) is 10.9 Å². The molecule has 2 aromatic heterocycles. The summed E-state index contributed by atoms with van der Waals surface area (Å²) in [7, 11) is 0. The normalized spacial score (nSPS) is 18.0. The van der Waals surface area contributed by atoms with E-state index >= 15 is 0 Å². The van der Waals surface area contributed by atoms with E-state index in [4.69, 9.17) is 4.74 Å². The molecule has 1 aliphatic heterocycles. The fraction of sp³-hybridized carbons (Fsp3) is 0.462. The number of thiophene rings is 1. The van der Waals surface area contributed by atoms with Crippen molar-refractivity contribution in [2.75, 3.05) is 12.4 Å². The highest BCUT2D eigenvalue weighted by atomic mass is 79.9. The molecule has 2 aromatic rings. The molecule has 22 heavy (non-hydrogen) atoms. The number of ether oxygens (including phenoxy) is 1. The van der Waals surface area contributed by atoms with Gasteiger partial charge in [0.2, 0.25) is 0 Å². The van der Waals surface area contributed by atoms with E-state index in [2.05, 4.69) is 26.1 Å². The van der Waals surface area contributed by atoms with Crippen LogP contribution in [0.15, 0.2) is 25.9 Å². The maximum atomic E-state index is 12.1. The lowest BCUT2D eigenvalue weighted by atomic mass is 10.2. The first-order valence-electron chi connectivity index (χ1n) is 6.81. The van der Waals surface area contributed by atoms with Gasteiger partial charge in [-0.25, -0.2) is 9.89 Å². The molecule has 1 N–H and O–H groups in total. The molecular weight excluding hydrogens is 390 g/mol. The van der Waals surface area contributed by atoms with E-state index in [1.807, 2.05) is 6.07 Å². The Morgan fingerprint density at radius 1 is 1.59 bits per heavy atom. The van der Waals surface area contributed by atoms with E-state index in [0.717, 1.165) is 23.2 Å². The number of carbonyl (C=O) groups is 1. The van der Waals surface area contributed by atoms with Crippen molar-refractivity contribution in [3.8, 4) is 0 Å². The maximum absolute atomic E-state index is 12.1. The van der Waals surface area contributed by atoms with Gasteiger partial charge >= 0.3 is 5.69 Å². The Labute approximate surface area is 143 Å². The van der Waals surface area contributed by atoms with Gasteiger partial charge in [-0.3, -0.25) is 9.36 Å². The Morgan fingerprint density at radius 2 is 2.45 bits per heavy atom. The molecule has 118 valence electrons. The van der Waals surface area contributed by atoms with Crippen molar-refractivity contribution in [3.05, 3.63) is 31.3 Å². The second-order valence-corrected chi connectivity index (χ2v) is 8.28. The zero-order valence-electron chi connectivity index (χ0n) is 11.6. The van der Waals surface area contributed by atoms with Crippen molar-refractivity contribution in [1.82, 2.24) is 14.8 Å². The first-order chi connectivity index (χ1) is 10.6. The number of Topliss-reactive ketones (excluding diaryl/α,β-unsaturated/α-hetero) is 1. The Hall–Kier alpha value is -0.900. The molecule has 3 rings (SSSR count).